The van der Waals surface area contributed by atoms with Gasteiger partial charge in [0.2, 0.25) is 0 Å². The second-order valence-corrected chi connectivity index (χ2v) is 3.26. The molecule has 5 heteroatoms. The van der Waals surface area contributed by atoms with Crippen LogP contribution in [0, 0.1) is 11.3 Å². The van der Waals surface area contributed by atoms with Crippen molar-refractivity contribution in [1.82, 2.24) is 0 Å². The van der Waals surface area contributed by atoms with E-state index < -0.39 is 12.1 Å². The van der Waals surface area contributed by atoms with E-state index in [0.717, 1.165) is 11.3 Å². The summed E-state index contributed by atoms with van der Waals surface area (Å²) in [4.78, 5) is 11.4. The molecule has 0 saturated carbocycles. The predicted molar refractivity (Wildman–Crippen MR) is 46.5 cm³/mol. The lowest BCUT2D eigenvalue weighted by molar-refractivity contribution is 0.0441. The van der Waals surface area contributed by atoms with Crippen LogP contribution in [0.25, 0.3) is 0 Å². The first-order valence-corrected chi connectivity index (χ1v) is 4.39. The van der Waals surface area contributed by atoms with Crippen LogP contribution >= 0.6 is 11.3 Å². The van der Waals surface area contributed by atoms with Gasteiger partial charge >= 0.3 is 5.97 Å². The van der Waals surface area contributed by atoms with Crippen LogP contribution in [-0.2, 0) is 4.74 Å². The van der Waals surface area contributed by atoms with Gasteiger partial charge in [0.15, 0.2) is 6.10 Å². The Bertz CT molecular complexity index is 353. The summed E-state index contributed by atoms with van der Waals surface area (Å²) in [7, 11) is 0. The molecule has 0 radical (unpaired) electrons. The summed E-state index contributed by atoms with van der Waals surface area (Å²) in [6.07, 6.45) is -0.767. The number of nitrogens with zero attached hydrogens (tertiary/aromatic N) is 1. The molecule has 68 valence electrons. The minimum atomic E-state index is -0.767. The molecule has 13 heavy (non-hydrogen) atoms. The van der Waals surface area contributed by atoms with Crippen LogP contribution < -0.4 is 0 Å². The van der Waals surface area contributed by atoms with Gasteiger partial charge in [-0.25, -0.2) is 4.79 Å². The maximum atomic E-state index is 11.2. The highest BCUT2D eigenvalue weighted by molar-refractivity contribution is 7.12. The van der Waals surface area contributed by atoms with Crippen LogP contribution in [0.3, 0.4) is 0 Å². The summed E-state index contributed by atoms with van der Waals surface area (Å²) in [5.41, 5.74) is 0. The van der Waals surface area contributed by atoms with E-state index >= 15 is 0 Å². The topological polar surface area (TPSA) is 70.3 Å². The van der Waals surface area contributed by atoms with Crippen molar-refractivity contribution in [2.24, 2.45) is 0 Å². The number of hydrogen-bond donors (Lipinski definition) is 1. The van der Waals surface area contributed by atoms with Crippen molar-refractivity contribution in [3.8, 4) is 11.8 Å². The maximum absolute atomic E-state index is 11.2. The molecule has 1 unspecified atom stereocenters. The van der Waals surface area contributed by atoms with Crippen LogP contribution in [-0.4, -0.2) is 17.2 Å². The minimum Gasteiger partial charge on any atom is -0.507 e. The molecule has 0 aliphatic rings. The van der Waals surface area contributed by atoms with Crippen molar-refractivity contribution in [2.45, 2.75) is 13.0 Å². The molecule has 1 aromatic rings. The van der Waals surface area contributed by atoms with Gasteiger partial charge in [-0.2, -0.15) is 5.26 Å². The number of carbonyl (C=O) groups excluding carboxylic acids is 1. The van der Waals surface area contributed by atoms with E-state index in [1.807, 2.05) is 0 Å². The summed E-state index contributed by atoms with van der Waals surface area (Å²) in [5.74, 6) is -0.555. The fraction of sp³-hybridized carbons (Fsp3) is 0.250. The van der Waals surface area contributed by atoms with E-state index in [-0.39, 0.29) is 5.75 Å². The second-order valence-electron chi connectivity index (χ2n) is 2.35. The molecular formula is C8H7NO3S. The Kier molecular flexibility index (Phi) is 2.88. The predicted octanol–water partition coefficient (Wildman–Crippen LogP) is 1.52. The molecule has 0 aromatic carbocycles. The van der Waals surface area contributed by atoms with Crippen molar-refractivity contribution in [2.75, 3.05) is 0 Å². The number of aromatic hydroxyl groups is 1. The van der Waals surface area contributed by atoms with Gasteiger partial charge in [-0.3, -0.25) is 0 Å². The molecule has 0 saturated heterocycles. The van der Waals surface area contributed by atoms with Gasteiger partial charge < -0.3 is 9.84 Å². The molecule has 0 amide bonds. The Hall–Kier alpha value is -1.54. The lowest BCUT2D eigenvalue weighted by Gasteiger charge is -2.02. The van der Waals surface area contributed by atoms with E-state index in [0.29, 0.717) is 4.88 Å². The van der Waals surface area contributed by atoms with Crippen LogP contribution in [0.2, 0.25) is 0 Å². The number of ether oxygens (including phenoxy) is 1. The monoisotopic (exact) mass is 197 g/mol. The fourth-order valence-corrected chi connectivity index (χ4v) is 1.33. The van der Waals surface area contributed by atoms with E-state index in [4.69, 9.17) is 15.1 Å². The molecule has 4 nitrogen and oxygen atoms in total. The fourth-order valence-electron chi connectivity index (χ4n) is 0.678. The van der Waals surface area contributed by atoms with Crippen LogP contribution in [0.1, 0.15) is 16.6 Å². The quantitative estimate of drug-likeness (QED) is 0.730. The number of nitriles is 1. The molecular weight excluding hydrogens is 190 g/mol. The molecule has 0 aliphatic heterocycles. The van der Waals surface area contributed by atoms with Crippen LogP contribution in [0.15, 0.2) is 11.4 Å². The van der Waals surface area contributed by atoms with Gasteiger partial charge in [0.25, 0.3) is 0 Å². The summed E-state index contributed by atoms with van der Waals surface area (Å²) >= 11 is 1.08. The highest BCUT2D eigenvalue weighted by Crippen LogP contribution is 2.20. The molecule has 0 spiro atoms. The Balaban J connectivity index is 2.65. The Morgan fingerprint density at radius 2 is 2.54 bits per heavy atom. The van der Waals surface area contributed by atoms with Crippen molar-refractivity contribution in [1.29, 1.82) is 5.26 Å². The molecule has 1 N–H and O–H groups in total. The highest BCUT2D eigenvalue weighted by atomic mass is 32.1. The summed E-state index contributed by atoms with van der Waals surface area (Å²) < 4.78 is 4.70. The first-order chi connectivity index (χ1) is 6.13. The number of esters is 1. The van der Waals surface area contributed by atoms with Gasteiger partial charge in [-0.15, -0.1) is 11.3 Å². The molecule has 0 fully saturated rings. The normalized spacial score (nSPS) is 11.7. The molecule has 1 heterocycles. The maximum Gasteiger partial charge on any atom is 0.349 e. The third kappa shape index (κ3) is 2.46. The molecule has 1 aromatic heterocycles. The Morgan fingerprint density at radius 3 is 3.00 bits per heavy atom. The average molecular weight is 197 g/mol. The average Bonchev–Trinajstić information content (AvgIpc) is 2.51. The zero-order valence-corrected chi connectivity index (χ0v) is 7.67. The number of carbonyl (C=O) groups is 1. The van der Waals surface area contributed by atoms with Crippen molar-refractivity contribution >= 4 is 17.3 Å². The largest absolute Gasteiger partial charge is 0.507 e. The molecule has 0 aliphatic carbocycles. The smallest absolute Gasteiger partial charge is 0.349 e. The molecule has 1 rings (SSSR count). The van der Waals surface area contributed by atoms with E-state index in [9.17, 15) is 4.79 Å². The Morgan fingerprint density at radius 1 is 1.85 bits per heavy atom. The zero-order valence-electron chi connectivity index (χ0n) is 6.85. The van der Waals surface area contributed by atoms with Gasteiger partial charge in [0, 0.05) is 11.4 Å². The molecule has 1 atom stereocenters. The second kappa shape index (κ2) is 3.92. The number of rotatable bonds is 2. The van der Waals surface area contributed by atoms with Crippen LogP contribution in [0.4, 0.5) is 0 Å². The summed E-state index contributed by atoms with van der Waals surface area (Å²) in [5, 5.41) is 18.7. The molecule has 0 bridgehead atoms. The van der Waals surface area contributed by atoms with Crippen molar-refractivity contribution < 1.29 is 14.6 Å². The highest BCUT2D eigenvalue weighted by Gasteiger charge is 2.13. The van der Waals surface area contributed by atoms with Gasteiger partial charge in [-0.05, 0) is 6.92 Å². The SMILES string of the molecule is CC(C#N)OC(=O)c1cc(O)cs1. The third-order valence-electron chi connectivity index (χ3n) is 1.25. The van der Waals surface area contributed by atoms with Gasteiger partial charge in [-0.1, -0.05) is 0 Å². The lowest BCUT2D eigenvalue weighted by Crippen LogP contribution is -2.11. The van der Waals surface area contributed by atoms with Crippen molar-refractivity contribution in [3.05, 3.63) is 16.3 Å². The lowest BCUT2D eigenvalue weighted by atomic mass is 10.4. The van der Waals surface area contributed by atoms with E-state index in [2.05, 4.69) is 0 Å². The minimum absolute atomic E-state index is 0.0292. The zero-order chi connectivity index (χ0) is 9.84. The Labute approximate surface area is 79.0 Å². The van der Waals surface area contributed by atoms with Crippen molar-refractivity contribution in [3.63, 3.8) is 0 Å². The number of thiophene rings is 1. The standard InChI is InChI=1S/C8H7NO3S/c1-5(3-9)12-8(11)7-2-6(10)4-13-7/h2,4-5,10H,1H3. The van der Waals surface area contributed by atoms with Gasteiger partial charge in [0.1, 0.15) is 16.7 Å². The first-order valence-electron chi connectivity index (χ1n) is 3.51. The van der Waals surface area contributed by atoms with Crippen LogP contribution in [0.5, 0.6) is 5.75 Å². The van der Waals surface area contributed by atoms with Gasteiger partial charge in [0.05, 0.1) is 0 Å². The first kappa shape index (κ1) is 9.55. The van der Waals surface area contributed by atoms with E-state index in [1.165, 1.54) is 18.4 Å². The summed E-state index contributed by atoms with van der Waals surface area (Å²) in [6.45, 7) is 1.48. The summed E-state index contributed by atoms with van der Waals surface area (Å²) in [6, 6.07) is 3.07. The third-order valence-corrected chi connectivity index (χ3v) is 2.15. The van der Waals surface area contributed by atoms with E-state index in [1.54, 1.807) is 6.07 Å². The number of hydrogen-bond acceptors (Lipinski definition) is 5.